The summed E-state index contributed by atoms with van der Waals surface area (Å²) in [4.78, 5) is 11.5. The number of carbonyl (C=O) groups is 1. The van der Waals surface area contributed by atoms with Crippen LogP contribution >= 0.6 is 0 Å². The monoisotopic (exact) mass is 212 g/mol. The average molecular weight is 212 g/mol. The molecule has 0 saturated heterocycles. The van der Waals surface area contributed by atoms with Gasteiger partial charge in [-0.2, -0.15) is 0 Å². The van der Waals surface area contributed by atoms with Crippen molar-refractivity contribution in [1.82, 2.24) is 0 Å². The smallest absolute Gasteiger partial charge is 0.198 e. The molecule has 0 aliphatic heterocycles. The number of ether oxygens (including phenoxy) is 1. The number of carbonyl (C=O) groups excluding carboxylic acids is 1. The Morgan fingerprint density at radius 1 is 1.60 bits per heavy atom. The molecule has 1 atom stereocenters. The molecular weight excluding hydrogens is 196 g/mol. The van der Waals surface area contributed by atoms with Crippen molar-refractivity contribution in [1.29, 1.82) is 0 Å². The van der Waals surface area contributed by atoms with Crippen LogP contribution in [0.4, 0.5) is 0 Å². The Morgan fingerprint density at radius 2 is 2.33 bits per heavy atom. The van der Waals surface area contributed by atoms with E-state index in [9.17, 15) is 4.79 Å². The molecule has 0 radical (unpaired) electrons. The summed E-state index contributed by atoms with van der Waals surface area (Å²) >= 11 is 0. The van der Waals surface area contributed by atoms with Gasteiger partial charge in [0.1, 0.15) is 11.9 Å². The summed E-state index contributed by atoms with van der Waals surface area (Å²) in [7, 11) is 1.58. The van der Waals surface area contributed by atoms with Gasteiger partial charge in [-0.1, -0.05) is 0 Å². The molecule has 1 aromatic rings. The minimum Gasteiger partial charge on any atom is -0.455 e. The van der Waals surface area contributed by atoms with Crippen molar-refractivity contribution in [3.8, 4) is 0 Å². The number of hydrogen-bond donors (Lipinski definition) is 1. The number of rotatable bonds is 6. The van der Waals surface area contributed by atoms with Crippen molar-refractivity contribution >= 4 is 5.78 Å². The van der Waals surface area contributed by atoms with Crippen LogP contribution in [-0.4, -0.2) is 24.6 Å². The van der Waals surface area contributed by atoms with Gasteiger partial charge in [0.2, 0.25) is 0 Å². The molecule has 1 N–H and O–H groups in total. The topological polar surface area (TPSA) is 59.7 Å². The van der Waals surface area contributed by atoms with Gasteiger partial charge in [-0.15, -0.1) is 0 Å². The molecule has 4 heteroatoms. The van der Waals surface area contributed by atoms with Crippen LogP contribution in [0.5, 0.6) is 0 Å². The average Bonchev–Trinajstić information content (AvgIpc) is 2.74. The Balaban J connectivity index is 2.63. The molecule has 84 valence electrons. The van der Waals surface area contributed by atoms with Crippen molar-refractivity contribution in [2.75, 3.05) is 13.7 Å². The lowest BCUT2D eigenvalue weighted by atomic mass is 10.2. The van der Waals surface area contributed by atoms with Gasteiger partial charge < -0.3 is 14.3 Å². The standard InChI is InChI=1S/C11H16O4/c1-8(14-2)10-5-6-11(15-10)9(13)4-3-7-12/h5-6,8,12H,3-4,7H2,1-2H3/t8-/m1/s1. The molecule has 15 heavy (non-hydrogen) atoms. The number of ketones is 1. The highest BCUT2D eigenvalue weighted by molar-refractivity contribution is 5.93. The maximum Gasteiger partial charge on any atom is 0.198 e. The number of aliphatic hydroxyl groups excluding tert-OH is 1. The van der Waals surface area contributed by atoms with Crippen molar-refractivity contribution < 1.29 is 19.1 Å². The maximum absolute atomic E-state index is 11.5. The third kappa shape index (κ3) is 3.18. The molecule has 0 aliphatic rings. The summed E-state index contributed by atoms with van der Waals surface area (Å²) in [6, 6.07) is 3.38. The highest BCUT2D eigenvalue weighted by Crippen LogP contribution is 2.19. The molecule has 0 amide bonds. The lowest BCUT2D eigenvalue weighted by molar-refractivity contribution is 0.0884. The lowest BCUT2D eigenvalue weighted by Gasteiger charge is -2.04. The number of methoxy groups -OCH3 is 1. The number of Topliss-reactive ketones (excluding diaryl/α,β-unsaturated/α-hetero) is 1. The van der Waals surface area contributed by atoms with Gasteiger partial charge >= 0.3 is 0 Å². The van der Waals surface area contributed by atoms with Gasteiger partial charge in [0.15, 0.2) is 11.5 Å². The molecule has 0 fully saturated rings. The van der Waals surface area contributed by atoms with Crippen LogP contribution < -0.4 is 0 Å². The summed E-state index contributed by atoms with van der Waals surface area (Å²) < 4.78 is 10.4. The van der Waals surface area contributed by atoms with Gasteiger partial charge in [0.25, 0.3) is 0 Å². The lowest BCUT2D eigenvalue weighted by Crippen LogP contribution is -1.99. The SMILES string of the molecule is CO[C@H](C)c1ccc(C(=O)CCCO)o1. The quantitative estimate of drug-likeness (QED) is 0.732. The number of hydrogen-bond acceptors (Lipinski definition) is 4. The van der Waals surface area contributed by atoms with Gasteiger partial charge in [-0.3, -0.25) is 4.79 Å². The van der Waals surface area contributed by atoms with Gasteiger partial charge in [-0.25, -0.2) is 0 Å². The van der Waals surface area contributed by atoms with E-state index in [1.807, 2.05) is 6.92 Å². The van der Waals surface area contributed by atoms with E-state index in [1.165, 1.54) is 0 Å². The minimum absolute atomic E-state index is 0.0216. The van der Waals surface area contributed by atoms with Crippen molar-refractivity contribution in [2.45, 2.75) is 25.9 Å². The number of furan rings is 1. The first kappa shape index (κ1) is 11.9. The predicted molar refractivity (Wildman–Crippen MR) is 54.8 cm³/mol. The maximum atomic E-state index is 11.5. The molecule has 0 bridgehead atoms. The van der Waals surface area contributed by atoms with Crippen LogP contribution in [0.25, 0.3) is 0 Å². The second-order valence-corrected chi connectivity index (χ2v) is 3.33. The summed E-state index contributed by atoms with van der Waals surface area (Å²) in [6.07, 6.45) is 0.629. The Hall–Kier alpha value is -1.13. The van der Waals surface area contributed by atoms with E-state index in [2.05, 4.69) is 0 Å². The van der Waals surface area contributed by atoms with Crippen molar-refractivity contribution in [3.63, 3.8) is 0 Å². The minimum atomic E-state index is -0.149. The van der Waals surface area contributed by atoms with Crippen LogP contribution in [0.1, 0.15) is 42.2 Å². The third-order valence-corrected chi connectivity index (χ3v) is 2.22. The highest BCUT2D eigenvalue weighted by atomic mass is 16.5. The highest BCUT2D eigenvalue weighted by Gasteiger charge is 2.13. The number of aliphatic hydroxyl groups is 1. The van der Waals surface area contributed by atoms with Gasteiger partial charge in [-0.05, 0) is 25.5 Å². The van der Waals surface area contributed by atoms with Crippen LogP contribution in [0.15, 0.2) is 16.5 Å². The zero-order valence-corrected chi connectivity index (χ0v) is 9.03. The van der Waals surface area contributed by atoms with E-state index in [1.54, 1.807) is 19.2 Å². The molecule has 0 aromatic carbocycles. The predicted octanol–water partition coefficient (Wildman–Crippen LogP) is 1.94. The summed E-state index contributed by atoms with van der Waals surface area (Å²) in [5, 5.41) is 8.59. The fourth-order valence-electron chi connectivity index (χ4n) is 1.20. The Morgan fingerprint density at radius 3 is 2.93 bits per heavy atom. The van der Waals surface area contributed by atoms with E-state index in [4.69, 9.17) is 14.3 Å². The van der Waals surface area contributed by atoms with Crippen LogP contribution in [0.2, 0.25) is 0 Å². The molecule has 0 spiro atoms. The fourth-order valence-corrected chi connectivity index (χ4v) is 1.20. The molecule has 1 rings (SSSR count). The molecule has 1 heterocycles. The van der Waals surface area contributed by atoms with E-state index in [-0.39, 0.29) is 18.5 Å². The summed E-state index contributed by atoms with van der Waals surface area (Å²) in [6.45, 7) is 1.87. The molecule has 0 unspecified atom stereocenters. The largest absolute Gasteiger partial charge is 0.455 e. The van der Waals surface area contributed by atoms with E-state index in [0.29, 0.717) is 24.4 Å². The summed E-state index contributed by atoms with van der Waals surface area (Å²) in [5.41, 5.74) is 0. The second-order valence-electron chi connectivity index (χ2n) is 3.33. The molecular formula is C11H16O4. The molecule has 1 aromatic heterocycles. The Kier molecular flexibility index (Phi) is 4.52. The first-order valence-corrected chi connectivity index (χ1v) is 4.95. The van der Waals surface area contributed by atoms with Crippen molar-refractivity contribution in [2.24, 2.45) is 0 Å². The Bertz CT molecular complexity index is 316. The second kappa shape index (κ2) is 5.68. The molecule has 0 aliphatic carbocycles. The van der Waals surface area contributed by atoms with Crippen LogP contribution in [0.3, 0.4) is 0 Å². The van der Waals surface area contributed by atoms with Crippen LogP contribution in [0, 0.1) is 0 Å². The van der Waals surface area contributed by atoms with Crippen molar-refractivity contribution in [3.05, 3.63) is 23.7 Å². The van der Waals surface area contributed by atoms with E-state index >= 15 is 0 Å². The normalized spacial score (nSPS) is 12.7. The third-order valence-electron chi connectivity index (χ3n) is 2.22. The molecule has 4 nitrogen and oxygen atoms in total. The first-order chi connectivity index (χ1) is 7.19. The zero-order chi connectivity index (χ0) is 11.3. The van der Waals surface area contributed by atoms with E-state index in [0.717, 1.165) is 0 Å². The zero-order valence-electron chi connectivity index (χ0n) is 9.03. The first-order valence-electron chi connectivity index (χ1n) is 4.95. The fraction of sp³-hybridized carbons (Fsp3) is 0.545. The van der Waals surface area contributed by atoms with E-state index < -0.39 is 0 Å². The Labute approximate surface area is 88.8 Å². The van der Waals surface area contributed by atoms with Crippen LogP contribution in [-0.2, 0) is 4.74 Å². The van der Waals surface area contributed by atoms with Gasteiger partial charge in [0.05, 0.1) is 0 Å². The van der Waals surface area contributed by atoms with Gasteiger partial charge in [0, 0.05) is 20.1 Å². The summed E-state index contributed by atoms with van der Waals surface area (Å²) in [5.74, 6) is 0.894. The molecule has 0 saturated carbocycles.